The highest BCUT2D eigenvalue weighted by atomic mass is 15.2. The molecule has 20 heavy (non-hydrogen) atoms. The maximum Gasteiger partial charge on any atom is 0.116 e. The van der Waals surface area contributed by atoms with E-state index in [1.165, 1.54) is 0 Å². The highest BCUT2D eigenvalue weighted by Gasteiger charge is 2.12. The van der Waals surface area contributed by atoms with Crippen LogP contribution in [-0.4, -0.2) is 9.61 Å². The maximum atomic E-state index is 6.28. The molecule has 0 saturated heterocycles. The average Bonchev–Trinajstić information content (AvgIpc) is 2.86. The first-order valence-corrected chi connectivity index (χ1v) is 6.56. The second-order valence-electron chi connectivity index (χ2n) is 4.82. The van der Waals surface area contributed by atoms with E-state index in [1.807, 2.05) is 53.0 Å². The van der Waals surface area contributed by atoms with Crippen molar-refractivity contribution >= 4 is 22.1 Å². The molecule has 0 atom stereocenters. The van der Waals surface area contributed by atoms with Gasteiger partial charge in [0, 0.05) is 10.9 Å². The molecule has 0 radical (unpaired) electrons. The Bertz CT molecular complexity index is 907. The minimum Gasteiger partial charge on any atom is -0.395 e. The van der Waals surface area contributed by atoms with Crippen LogP contribution >= 0.6 is 0 Å². The molecule has 0 spiro atoms. The highest BCUT2D eigenvalue weighted by Crippen LogP contribution is 2.30. The molecular weight excluding hydrogens is 246 g/mol. The van der Waals surface area contributed by atoms with Gasteiger partial charge in [-0.15, -0.1) is 0 Å². The number of rotatable bonds is 1. The molecule has 0 aliphatic heterocycles. The van der Waals surface area contributed by atoms with E-state index >= 15 is 0 Å². The summed E-state index contributed by atoms with van der Waals surface area (Å²) in [6, 6.07) is 22.3. The number of benzene rings is 2. The normalized spacial score (nSPS) is 11.2. The predicted molar refractivity (Wildman–Crippen MR) is 82.5 cm³/mol. The first-order chi connectivity index (χ1) is 9.84. The van der Waals surface area contributed by atoms with Crippen molar-refractivity contribution in [3.8, 4) is 11.3 Å². The molecule has 2 aromatic carbocycles. The third-order valence-electron chi connectivity index (χ3n) is 3.59. The summed E-state index contributed by atoms with van der Waals surface area (Å²) in [5.74, 6) is 0. The lowest BCUT2D eigenvalue weighted by atomic mass is 10.1. The lowest BCUT2D eigenvalue weighted by Crippen LogP contribution is -1.90. The number of hydrogen-bond acceptors (Lipinski definition) is 2. The molecule has 96 valence electrons. The van der Waals surface area contributed by atoms with Gasteiger partial charge in [0.2, 0.25) is 0 Å². The molecule has 2 aromatic heterocycles. The first-order valence-electron chi connectivity index (χ1n) is 6.56. The van der Waals surface area contributed by atoms with Crippen molar-refractivity contribution in [2.24, 2.45) is 0 Å². The minimum atomic E-state index is 0.724. The molecule has 0 aliphatic rings. The minimum absolute atomic E-state index is 0.724. The summed E-state index contributed by atoms with van der Waals surface area (Å²) in [6.45, 7) is 0. The average molecular weight is 259 g/mol. The third kappa shape index (κ3) is 1.50. The van der Waals surface area contributed by atoms with Crippen LogP contribution in [-0.2, 0) is 0 Å². The number of fused-ring (bicyclic) bond motifs is 3. The monoisotopic (exact) mass is 259 g/mol. The molecule has 0 fully saturated rings. The Balaban J connectivity index is 2.10. The predicted octanol–water partition coefficient (Wildman–Crippen LogP) is 3.74. The van der Waals surface area contributed by atoms with Crippen LogP contribution in [0.3, 0.4) is 0 Å². The lowest BCUT2D eigenvalue weighted by molar-refractivity contribution is 1.01. The summed E-state index contributed by atoms with van der Waals surface area (Å²) in [4.78, 5) is 0. The van der Waals surface area contributed by atoms with Crippen LogP contribution in [0, 0.1) is 0 Å². The van der Waals surface area contributed by atoms with E-state index < -0.39 is 0 Å². The van der Waals surface area contributed by atoms with Crippen molar-refractivity contribution in [3.63, 3.8) is 0 Å². The van der Waals surface area contributed by atoms with E-state index in [4.69, 9.17) is 10.8 Å². The Morgan fingerprint density at radius 2 is 1.50 bits per heavy atom. The molecule has 2 N–H and O–H groups in total. The number of aromatic nitrogens is 2. The van der Waals surface area contributed by atoms with Gasteiger partial charge in [0.25, 0.3) is 0 Å². The molecule has 0 unspecified atom stereocenters. The van der Waals surface area contributed by atoms with E-state index in [-0.39, 0.29) is 0 Å². The van der Waals surface area contributed by atoms with Crippen LogP contribution < -0.4 is 5.73 Å². The van der Waals surface area contributed by atoms with Gasteiger partial charge >= 0.3 is 0 Å². The van der Waals surface area contributed by atoms with Gasteiger partial charge in [0.15, 0.2) is 0 Å². The number of anilines is 1. The van der Waals surface area contributed by atoms with E-state index in [0.717, 1.165) is 33.4 Å². The summed E-state index contributed by atoms with van der Waals surface area (Å²) in [5.41, 5.74) is 10.9. The molecule has 2 heterocycles. The number of pyridine rings is 1. The summed E-state index contributed by atoms with van der Waals surface area (Å²) in [6.07, 6.45) is 0. The second-order valence-corrected chi connectivity index (χ2v) is 4.82. The smallest absolute Gasteiger partial charge is 0.116 e. The maximum absolute atomic E-state index is 6.28. The molecular formula is C17H13N3. The van der Waals surface area contributed by atoms with Gasteiger partial charge in [-0.25, -0.2) is 4.52 Å². The van der Waals surface area contributed by atoms with Gasteiger partial charge in [0.1, 0.15) is 5.69 Å². The molecule has 4 rings (SSSR count). The SMILES string of the molecule is Nc1c(-c2ccccc2)nn2c1ccc1ccccc12. The topological polar surface area (TPSA) is 43.3 Å². The van der Waals surface area contributed by atoms with E-state index in [1.54, 1.807) is 0 Å². The fourth-order valence-corrected chi connectivity index (χ4v) is 2.59. The summed E-state index contributed by atoms with van der Waals surface area (Å²) in [7, 11) is 0. The van der Waals surface area contributed by atoms with Crippen LogP contribution in [0.5, 0.6) is 0 Å². The van der Waals surface area contributed by atoms with E-state index in [9.17, 15) is 0 Å². The Labute approximate surface area is 116 Å². The fourth-order valence-electron chi connectivity index (χ4n) is 2.59. The second kappa shape index (κ2) is 4.10. The van der Waals surface area contributed by atoms with Crippen LogP contribution in [0.1, 0.15) is 0 Å². The number of nitrogens with zero attached hydrogens (tertiary/aromatic N) is 2. The van der Waals surface area contributed by atoms with Gasteiger partial charge in [-0.3, -0.25) is 0 Å². The zero-order chi connectivity index (χ0) is 13.5. The molecule has 0 bridgehead atoms. The van der Waals surface area contributed by atoms with Crippen LogP contribution in [0.4, 0.5) is 5.69 Å². The molecule has 0 aliphatic carbocycles. The Kier molecular flexibility index (Phi) is 2.27. The number of hydrogen-bond donors (Lipinski definition) is 1. The number of para-hydroxylation sites is 1. The summed E-state index contributed by atoms with van der Waals surface area (Å²) >= 11 is 0. The Morgan fingerprint density at radius 1 is 0.750 bits per heavy atom. The van der Waals surface area contributed by atoms with Crippen molar-refractivity contribution in [1.82, 2.24) is 9.61 Å². The molecule has 0 saturated carbocycles. The van der Waals surface area contributed by atoms with Crippen LogP contribution in [0.15, 0.2) is 66.7 Å². The largest absolute Gasteiger partial charge is 0.395 e. The zero-order valence-corrected chi connectivity index (χ0v) is 10.8. The van der Waals surface area contributed by atoms with E-state index in [2.05, 4.69) is 18.2 Å². The Hall–Kier alpha value is -2.81. The lowest BCUT2D eigenvalue weighted by Gasteiger charge is -2.00. The standard InChI is InChI=1S/C17H13N3/c18-16-15-11-10-12-6-4-5-9-14(12)20(15)19-17(16)13-7-2-1-3-8-13/h1-11H,18H2. The van der Waals surface area contributed by atoms with E-state index in [0.29, 0.717) is 0 Å². The van der Waals surface area contributed by atoms with Crippen molar-refractivity contribution in [2.75, 3.05) is 5.73 Å². The highest BCUT2D eigenvalue weighted by molar-refractivity contribution is 5.91. The zero-order valence-electron chi connectivity index (χ0n) is 10.8. The number of nitrogens with two attached hydrogens (primary N) is 1. The summed E-state index contributed by atoms with van der Waals surface area (Å²) < 4.78 is 1.92. The summed E-state index contributed by atoms with van der Waals surface area (Å²) in [5, 5.41) is 5.86. The Morgan fingerprint density at radius 3 is 2.35 bits per heavy atom. The van der Waals surface area contributed by atoms with Gasteiger partial charge < -0.3 is 5.73 Å². The molecule has 3 nitrogen and oxygen atoms in total. The quantitative estimate of drug-likeness (QED) is 0.566. The number of nitrogen functional groups attached to an aromatic ring is 1. The van der Waals surface area contributed by atoms with Gasteiger partial charge in [-0.1, -0.05) is 54.6 Å². The van der Waals surface area contributed by atoms with Crippen LogP contribution in [0.2, 0.25) is 0 Å². The van der Waals surface area contributed by atoms with Crippen molar-refractivity contribution in [2.45, 2.75) is 0 Å². The van der Waals surface area contributed by atoms with Crippen molar-refractivity contribution < 1.29 is 0 Å². The first kappa shape index (κ1) is 11.1. The van der Waals surface area contributed by atoms with Gasteiger partial charge in [0.05, 0.1) is 16.7 Å². The van der Waals surface area contributed by atoms with Crippen molar-refractivity contribution in [1.29, 1.82) is 0 Å². The van der Waals surface area contributed by atoms with Crippen molar-refractivity contribution in [3.05, 3.63) is 66.7 Å². The van der Waals surface area contributed by atoms with Gasteiger partial charge in [-0.2, -0.15) is 5.10 Å². The van der Waals surface area contributed by atoms with Crippen LogP contribution in [0.25, 0.3) is 27.7 Å². The molecule has 4 aromatic rings. The molecule has 0 amide bonds. The fraction of sp³-hybridized carbons (Fsp3) is 0. The van der Waals surface area contributed by atoms with Gasteiger partial charge in [-0.05, 0) is 12.1 Å². The third-order valence-corrected chi connectivity index (χ3v) is 3.59. The molecule has 3 heteroatoms.